The quantitative estimate of drug-likeness (QED) is 0.757. The molecule has 0 aliphatic heterocycles. The van der Waals surface area contributed by atoms with Gasteiger partial charge in [-0.15, -0.1) is 0 Å². The molecule has 0 unspecified atom stereocenters. The SMILES string of the molecule is COc1cc(C=C(NC(C)=O)C(=O)O)ccc1OCc1ccccc1. The Balaban J connectivity index is 2.20. The van der Waals surface area contributed by atoms with Crippen molar-refractivity contribution in [3.05, 3.63) is 65.4 Å². The standard InChI is InChI=1S/C19H19NO5/c1-13(21)20-16(19(22)23)10-15-8-9-17(18(11-15)24-2)25-12-14-6-4-3-5-7-14/h3-11H,12H2,1-2H3,(H,20,21)(H,22,23). The number of amides is 1. The Morgan fingerprint density at radius 2 is 1.84 bits per heavy atom. The van der Waals surface area contributed by atoms with Gasteiger partial charge in [0.2, 0.25) is 5.91 Å². The molecular formula is C19H19NO5. The summed E-state index contributed by atoms with van der Waals surface area (Å²) in [5, 5.41) is 11.4. The van der Waals surface area contributed by atoms with Gasteiger partial charge in [0.1, 0.15) is 12.3 Å². The van der Waals surface area contributed by atoms with Gasteiger partial charge < -0.3 is 19.9 Å². The molecule has 2 N–H and O–H groups in total. The molecule has 6 heteroatoms. The van der Waals surface area contributed by atoms with Crippen LogP contribution in [0, 0.1) is 0 Å². The predicted octanol–water partition coefficient (Wildman–Crippen LogP) is 2.84. The van der Waals surface area contributed by atoms with E-state index in [1.807, 2.05) is 30.3 Å². The molecule has 2 rings (SSSR count). The molecule has 130 valence electrons. The maximum Gasteiger partial charge on any atom is 0.352 e. The zero-order valence-corrected chi connectivity index (χ0v) is 14.0. The first-order valence-electron chi connectivity index (χ1n) is 7.57. The molecule has 0 bridgehead atoms. The first-order chi connectivity index (χ1) is 12.0. The number of ether oxygens (including phenoxy) is 2. The maximum atomic E-state index is 11.2. The van der Waals surface area contributed by atoms with Gasteiger partial charge in [-0.3, -0.25) is 4.79 Å². The number of rotatable bonds is 7. The number of nitrogens with one attached hydrogen (secondary N) is 1. The van der Waals surface area contributed by atoms with Gasteiger partial charge in [0, 0.05) is 6.92 Å². The number of carboxylic acids is 1. The molecule has 0 spiro atoms. The maximum absolute atomic E-state index is 11.2. The zero-order valence-electron chi connectivity index (χ0n) is 14.0. The van der Waals surface area contributed by atoms with Gasteiger partial charge in [-0.05, 0) is 29.3 Å². The first kappa shape index (κ1) is 18.1. The van der Waals surface area contributed by atoms with Crippen LogP contribution >= 0.6 is 0 Å². The van der Waals surface area contributed by atoms with Crippen molar-refractivity contribution in [1.82, 2.24) is 5.32 Å². The fourth-order valence-corrected chi connectivity index (χ4v) is 2.14. The minimum atomic E-state index is -1.22. The summed E-state index contributed by atoms with van der Waals surface area (Å²) < 4.78 is 11.1. The first-order valence-corrected chi connectivity index (χ1v) is 7.57. The third-order valence-corrected chi connectivity index (χ3v) is 3.28. The van der Waals surface area contributed by atoms with Crippen molar-refractivity contribution >= 4 is 18.0 Å². The number of benzene rings is 2. The van der Waals surface area contributed by atoms with Crippen LogP contribution in [0.25, 0.3) is 6.08 Å². The van der Waals surface area contributed by atoms with Gasteiger partial charge in [-0.1, -0.05) is 36.4 Å². The molecule has 6 nitrogen and oxygen atoms in total. The molecule has 1 amide bonds. The second-order valence-electron chi connectivity index (χ2n) is 5.23. The highest BCUT2D eigenvalue weighted by Crippen LogP contribution is 2.29. The summed E-state index contributed by atoms with van der Waals surface area (Å²) in [6.45, 7) is 1.64. The van der Waals surface area contributed by atoms with E-state index in [9.17, 15) is 9.59 Å². The second-order valence-corrected chi connectivity index (χ2v) is 5.23. The van der Waals surface area contributed by atoms with Crippen molar-refractivity contribution in [1.29, 1.82) is 0 Å². The van der Waals surface area contributed by atoms with Crippen LogP contribution in [0.3, 0.4) is 0 Å². The number of carbonyl (C=O) groups is 2. The summed E-state index contributed by atoms with van der Waals surface area (Å²) in [5.41, 5.74) is 1.37. The van der Waals surface area contributed by atoms with Gasteiger partial charge in [0.25, 0.3) is 0 Å². The zero-order chi connectivity index (χ0) is 18.2. The van der Waals surface area contributed by atoms with Crippen molar-refractivity contribution in [3.8, 4) is 11.5 Å². The van der Waals surface area contributed by atoms with E-state index in [-0.39, 0.29) is 5.70 Å². The Morgan fingerprint density at radius 3 is 2.44 bits per heavy atom. The summed E-state index contributed by atoms with van der Waals surface area (Å²) in [6.07, 6.45) is 1.35. The minimum Gasteiger partial charge on any atom is -0.493 e. The number of methoxy groups -OCH3 is 1. The molecule has 0 radical (unpaired) electrons. The van der Waals surface area contributed by atoms with Gasteiger partial charge in [-0.2, -0.15) is 0 Å². The van der Waals surface area contributed by atoms with Crippen LogP contribution in [0.1, 0.15) is 18.1 Å². The lowest BCUT2D eigenvalue weighted by Crippen LogP contribution is -2.24. The van der Waals surface area contributed by atoms with Crippen LogP contribution in [0.5, 0.6) is 11.5 Å². The van der Waals surface area contributed by atoms with Crippen molar-refractivity contribution in [2.45, 2.75) is 13.5 Å². The number of carboxylic acid groups (broad SMARTS) is 1. The molecule has 0 aliphatic rings. The van der Waals surface area contributed by atoms with E-state index >= 15 is 0 Å². The summed E-state index contributed by atoms with van der Waals surface area (Å²) in [4.78, 5) is 22.3. The van der Waals surface area contributed by atoms with Gasteiger partial charge in [0.15, 0.2) is 11.5 Å². The summed E-state index contributed by atoms with van der Waals surface area (Å²) in [6, 6.07) is 14.7. The molecule has 2 aromatic rings. The van der Waals surface area contributed by atoms with Gasteiger partial charge in [-0.25, -0.2) is 4.79 Å². The van der Waals surface area contributed by atoms with Gasteiger partial charge in [0.05, 0.1) is 7.11 Å². The number of hydrogen-bond acceptors (Lipinski definition) is 4. The number of carbonyl (C=O) groups excluding carboxylic acids is 1. The lowest BCUT2D eigenvalue weighted by Gasteiger charge is -2.12. The molecule has 0 aromatic heterocycles. The fraction of sp³-hybridized carbons (Fsp3) is 0.158. The Labute approximate surface area is 145 Å². The number of hydrogen-bond donors (Lipinski definition) is 2. The highest BCUT2D eigenvalue weighted by Gasteiger charge is 2.11. The smallest absolute Gasteiger partial charge is 0.352 e. The summed E-state index contributed by atoms with van der Waals surface area (Å²) >= 11 is 0. The van der Waals surface area contributed by atoms with E-state index in [1.54, 1.807) is 18.2 Å². The predicted molar refractivity (Wildman–Crippen MR) is 93.2 cm³/mol. The lowest BCUT2D eigenvalue weighted by molar-refractivity contribution is -0.134. The monoisotopic (exact) mass is 341 g/mol. The second kappa shape index (κ2) is 8.54. The average molecular weight is 341 g/mol. The molecule has 0 fully saturated rings. The molecule has 0 aliphatic carbocycles. The van der Waals surface area contributed by atoms with Crippen molar-refractivity contribution < 1.29 is 24.2 Å². The van der Waals surface area contributed by atoms with Crippen LogP contribution in [0.15, 0.2) is 54.2 Å². The van der Waals surface area contributed by atoms with Crippen LogP contribution < -0.4 is 14.8 Å². The Bertz CT molecular complexity index is 784. The molecule has 25 heavy (non-hydrogen) atoms. The topological polar surface area (TPSA) is 84.9 Å². The Morgan fingerprint density at radius 1 is 1.12 bits per heavy atom. The van der Waals surface area contributed by atoms with E-state index in [0.29, 0.717) is 23.7 Å². The molecule has 0 heterocycles. The van der Waals surface area contributed by atoms with Crippen molar-refractivity contribution in [2.75, 3.05) is 7.11 Å². The molecule has 0 saturated carbocycles. The van der Waals surface area contributed by atoms with Gasteiger partial charge >= 0.3 is 5.97 Å². The normalized spacial score (nSPS) is 10.9. The molecule has 0 saturated heterocycles. The van der Waals surface area contributed by atoms with Crippen LogP contribution in [-0.2, 0) is 16.2 Å². The van der Waals surface area contributed by atoms with E-state index in [2.05, 4.69) is 5.32 Å². The van der Waals surface area contributed by atoms with Crippen molar-refractivity contribution in [2.24, 2.45) is 0 Å². The van der Waals surface area contributed by atoms with E-state index in [0.717, 1.165) is 5.56 Å². The number of aliphatic carboxylic acids is 1. The van der Waals surface area contributed by atoms with Crippen LogP contribution in [0.2, 0.25) is 0 Å². The fourth-order valence-electron chi connectivity index (χ4n) is 2.14. The minimum absolute atomic E-state index is 0.215. The highest BCUT2D eigenvalue weighted by molar-refractivity contribution is 5.96. The average Bonchev–Trinajstić information content (AvgIpc) is 2.60. The third kappa shape index (κ3) is 5.39. The third-order valence-electron chi connectivity index (χ3n) is 3.28. The Hall–Kier alpha value is -3.28. The van der Waals surface area contributed by atoms with E-state index in [4.69, 9.17) is 14.6 Å². The lowest BCUT2D eigenvalue weighted by atomic mass is 10.1. The summed E-state index contributed by atoms with van der Waals surface area (Å²) in [7, 11) is 1.50. The van der Waals surface area contributed by atoms with Crippen molar-refractivity contribution in [3.63, 3.8) is 0 Å². The van der Waals surface area contributed by atoms with E-state index < -0.39 is 11.9 Å². The Kier molecular flexibility index (Phi) is 6.17. The largest absolute Gasteiger partial charge is 0.493 e. The highest BCUT2D eigenvalue weighted by atomic mass is 16.5. The van der Waals surface area contributed by atoms with Crippen LogP contribution in [0.4, 0.5) is 0 Å². The van der Waals surface area contributed by atoms with E-state index in [1.165, 1.54) is 20.1 Å². The summed E-state index contributed by atoms with van der Waals surface area (Å²) in [5.74, 6) is -0.667. The van der Waals surface area contributed by atoms with Crippen LogP contribution in [-0.4, -0.2) is 24.1 Å². The molecule has 2 aromatic carbocycles. The molecule has 0 atom stereocenters. The molecular weight excluding hydrogens is 322 g/mol.